The quantitative estimate of drug-likeness (QED) is 0.232. The van der Waals surface area contributed by atoms with Crippen molar-refractivity contribution in [1.82, 2.24) is 4.90 Å². The zero-order chi connectivity index (χ0) is 28.4. The summed E-state index contributed by atoms with van der Waals surface area (Å²) in [5.41, 5.74) is 4.60. The molecular formula is C30H32BNO8. The summed E-state index contributed by atoms with van der Waals surface area (Å²) >= 11 is 0. The van der Waals surface area contributed by atoms with Gasteiger partial charge in [-0.15, -0.1) is 0 Å². The highest BCUT2D eigenvalue weighted by Crippen LogP contribution is 2.51. The maximum absolute atomic E-state index is 13.4. The molecule has 0 bridgehead atoms. The van der Waals surface area contributed by atoms with E-state index in [1.54, 1.807) is 25.3 Å². The third-order valence-corrected chi connectivity index (χ3v) is 8.02. The van der Waals surface area contributed by atoms with Crippen LogP contribution in [-0.2, 0) is 23.7 Å². The zero-order valence-electron chi connectivity index (χ0n) is 22.5. The normalized spacial score (nSPS) is 24.7. The molecule has 0 aromatic heterocycles. The number of likely N-dealkylation sites (tertiary alicyclic amines) is 1. The highest BCUT2D eigenvalue weighted by Gasteiger charge is 2.59. The van der Waals surface area contributed by atoms with Crippen LogP contribution in [0.4, 0.5) is 4.79 Å². The first-order chi connectivity index (χ1) is 19.3. The van der Waals surface area contributed by atoms with Crippen LogP contribution < -0.4 is 0 Å². The number of phenolic OH excluding ortho intramolecular Hbond substituents is 1. The molecule has 2 fully saturated rings. The van der Waals surface area contributed by atoms with Gasteiger partial charge in [-0.25, -0.2) is 4.79 Å². The maximum Gasteiger partial charge on any atom is 0.455 e. The lowest BCUT2D eigenvalue weighted by Gasteiger charge is -2.43. The standard InChI is InChI=1S/C30H32BNO8/c1-38-17-21-15-23-27(29(35)32(28(23)34)30(36)39-2)24-16-31(37)40-25(26(21)24)12-11-20(19-8-4-3-5-9-19)13-18-7-6-10-22(33)14-18/h3-10,13-14,23-25,27,33,37H,11-12,15-17H2,1-2H3/b20-13-/t23-,24+,25-,27-/m1/s1. The van der Waals surface area contributed by atoms with Crippen molar-refractivity contribution in [2.24, 2.45) is 17.8 Å². The molecule has 0 spiro atoms. The van der Waals surface area contributed by atoms with Gasteiger partial charge in [-0.1, -0.05) is 48.5 Å². The minimum Gasteiger partial charge on any atom is -0.508 e. The topological polar surface area (TPSA) is 123 Å². The number of aromatic hydroxyl groups is 1. The highest BCUT2D eigenvalue weighted by molar-refractivity contribution is 6.43. The molecule has 2 aliphatic heterocycles. The van der Waals surface area contributed by atoms with E-state index in [2.05, 4.69) is 0 Å². The first kappa shape index (κ1) is 27.8. The molecule has 0 radical (unpaired) electrons. The van der Waals surface area contributed by atoms with Crippen LogP contribution in [0.3, 0.4) is 0 Å². The average Bonchev–Trinajstić information content (AvgIpc) is 3.20. The Balaban J connectivity index is 1.48. The Bertz CT molecular complexity index is 1360. The van der Waals surface area contributed by atoms with Crippen LogP contribution in [0, 0.1) is 17.8 Å². The summed E-state index contributed by atoms with van der Waals surface area (Å²) in [7, 11) is 1.57. The van der Waals surface area contributed by atoms with Crippen LogP contribution in [0.25, 0.3) is 11.6 Å². The summed E-state index contributed by atoms with van der Waals surface area (Å²) in [5.74, 6) is -2.97. The van der Waals surface area contributed by atoms with Gasteiger partial charge in [0.25, 0.3) is 0 Å². The second-order valence-electron chi connectivity index (χ2n) is 10.4. The molecular weight excluding hydrogens is 513 g/mol. The molecule has 4 atom stereocenters. The predicted octanol–water partition coefficient (Wildman–Crippen LogP) is 3.92. The fourth-order valence-electron chi connectivity index (χ4n) is 6.40. The lowest BCUT2D eigenvalue weighted by atomic mass is 9.58. The van der Waals surface area contributed by atoms with Crippen molar-refractivity contribution < 1.29 is 38.6 Å². The smallest absolute Gasteiger partial charge is 0.455 e. The van der Waals surface area contributed by atoms with Crippen LogP contribution in [0.1, 0.15) is 30.4 Å². The van der Waals surface area contributed by atoms with Gasteiger partial charge in [0.1, 0.15) is 5.75 Å². The van der Waals surface area contributed by atoms with Gasteiger partial charge in [-0.05, 0) is 71.5 Å². The maximum atomic E-state index is 13.4. The van der Waals surface area contributed by atoms with Crippen molar-refractivity contribution in [2.75, 3.05) is 20.8 Å². The molecule has 2 aromatic carbocycles. The second kappa shape index (κ2) is 11.8. The molecule has 2 heterocycles. The summed E-state index contributed by atoms with van der Waals surface area (Å²) in [4.78, 5) is 39.4. The van der Waals surface area contributed by atoms with Crippen molar-refractivity contribution in [3.8, 4) is 5.75 Å². The van der Waals surface area contributed by atoms with Gasteiger partial charge in [0.05, 0.1) is 31.7 Å². The van der Waals surface area contributed by atoms with E-state index < -0.39 is 48.9 Å². The van der Waals surface area contributed by atoms with Gasteiger partial charge < -0.3 is 24.3 Å². The fourth-order valence-corrected chi connectivity index (χ4v) is 6.40. The number of benzene rings is 2. The SMILES string of the molecule is COCC1=C2[C@@H](CC/C(=C/c3cccc(O)c3)c3ccccc3)OB(O)C[C@@H]2[C@@H]2C(=O)N(C(=O)OC)C(=O)[C@@H]2C1. The third-order valence-electron chi connectivity index (χ3n) is 8.02. The van der Waals surface area contributed by atoms with Crippen molar-refractivity contribution in [3.05, 3.63) is 76.9 Å². The summed E-state index contributed by atoms with van der Waals surface area (Å²) in [5, 5.41) is 20.7. The van der Waals surface area contributed by atoms with Crippen molar-refractivity contribution >= 4 is 36.7 Å². The number of carbonyl (C=O) groups excluding carboxylic acids is 3. The zero-order valence-corrected chi connectivity index (χ0v) is 22.5. The number of rotatable bonds is 7. The Morgan fingerprint density at radius 1 is 1.10 bits per heavy atom. The predicted molar refractivity (Wildman–Crippen MR) is 148 cm³/mol. The van der Waals surface area contributed by atoms with E-state index in [4.69, 9.17) is 14.1 Å². The van der Waals surface area contributed by atoms with E-state index in [0.717, 1.165) is 35.0 Å². The Morgan fingerprint density at radius 2 is 1.88 bits per heavy atom. The fraction of sp³-hybridized carbons (Fsp3) is 0.367. The minimum absolute atomic E-state index is 0.138. The van der Waals surface area contributed by atoms with Crippen LogP contribution in [-0.4, -0.2) is 67.0 Å². The molecule has 208 valence electrons. The lowest BCUT2D eigenvalue weighted by Crippen LogP contribution is -2.46. The largest absolute Gasteiger partial charge is 0.508 e. The van der Waals surface area contributed by atoms with Crippen LogP contribution in [0.2, 0.25) is 6.32 Å². The van der Waals surface area contributed by atoms with Gasteiger partial charge in [0.2, 0.25) is 11.8 Å². The van der Waals surface area contributed by atoms with E-state index in [1.807, 2.05) is 42.5 Å². The van der Waals surface area contributed by atoms with Gasteiger partial charge in [-0.2, -0.15) is 4.90 Å². The molecule has 40 heavy (non-hydrogen) atoms. The molecule has 5 rings (SSSR count). The van der Waals surface area contributed by atoms with E-state index in [1.165, 1.54) is 0 Å². The van der Waals surface area contributed by atoms with Crippen molar-refractivity contribution in [3.63, 3.8) is 0 Å². The number of imide groups is 3. The van der Waals surface area contributed by atoms with Crippen molar-refractivity contribution in [2.45, 2.75) is 31.7 Å². The van der Waals surface area contributed by atoms with E-state index in [9.17, 15) is 24.5 Å². The molecule has 0 unspecified atom stereocenters. The summed E-state index contributed by atoms with van der Waals surface area (Å²) in [6.07, 6.45) is 1.97. The Labute approximate surface area is 233 Å². The number of carbonyl (C=O) groups is 3. The number of fused-ring (bicyclic) bond motifs is 3. The molecule has 2 N–H and O–H groups in total. The Kier molecular flexibility index (Phi) is 8.21. The van der Waals surface area contributed by atoms with Crippen LogP contribution in [0.5, 0.6) is 5.75 Å². The number of ether oxygens (including phenoxy) is 2. The number of allylic oxidation sites excluding steroid dienone is 1. The summed E-state index contributed by atoms with van der Waals surface area (Å²) < 4.78 is 16.3. The number of hydrogen-bond acceptors (Lipinski definition) is 8. The number of methoxy groups -OCH3 is 2. The molecule has 2 saturated heterocycles. The number of amides is 3. The Hall–Kier alpha value is -3.73. The second-order valence-corrected chi connectivity index (χ2v) is 10.4. The van der Waals surface area contributed by atoms with E-state index >= 15 is 0 Å². The van der Waals surface area contributed by atoms with Gasteiger partial charge >= 0.3 is 13.2 Å². The van der Waals surface area contributed by atoms with Crippen molar-refractivity contribution in [1.29, 1.82) is 0 Å². The minimum atomic E-state index is -1.13. The number of nitrogens with zero attached hydrogens (tertiary/aromatic N) is 1. The van der Waals surface area contributed by atoms with E-state index in [-0.39, 0.29) is 25.1 Å². The summed E-state index contributed by atoms with van der Waals surface area (Å²) in [6.45, 7) is 0.245. The monoisotopic (exact) mass is 545 g/mol. The molecule has 3 amide bonds. The first-order valence-corrected chi connectivity index (χ1v) is 13.4. The highest BCUT2D eigenvalue weighted by atomic mass is 16.5. The van der Waals surface area contributed by atoms with E-state index in [0.29, 0.717) is 17.7 Å². The molecule has 0 saturated carbocycles. The van der Waals surface area contributed by atoms with Gasteiger partial charge in [0.15, 0.2) is 0 Å². The molecule has 2 aromatic rings. The number of phenols is 1. The molecule has 3 aliphatic rings. The molecule has 10 heteroatoms. The average molecular weight is 545 g/mol. The van der Waals surface area contributed by atoms with Crippen LogP contribution in [0.15, 0.2) is 65.7 Å². The van der Waals surface area contributed by atoms with Gasteiger partial charge in [0, 0.05) is 7.11 Å². The molecule has 1 aliphatic carbocycles. The van der Waals surface area contributed by atoms with Gasteiger partial charge in [-0.3, -0.25) is 9.59 Å². The summed E-state index contributed by atoms with van der Waals surface area (Å²) in [6, 6.07) is 16.9. The van der Waals surface area contributed by atoms with Crippen LogP contribution >= 0.6 is 0 Å². The Morgan fingerprint density at radius 3 is 2.58 bits per heavy atom. The number of hydrogen-bond donors (Lipinski definition) is 2. The lowest BCUT2D eigenvalue weighted by molar-refractivity contribution is -0.137. The third kappa shape index (κ3) is 5.34. The molecule has 9 nitrogen and oxygen atoms in total. The first-order valence-electron chi connectivity index (χ1n) is 13.4.